The maximum absolute atomic E-state index is 11.9. The van der Waals surface area contributed by atoms with Gasteiger partial charge in [0.1, 0.15) is 5.78 Å². The van der Waals surface area contributed by atoms with Crippen molar-refractivity contribution in [2.75, 3.05) is 0 Å². The van der Waals surface area contributed by atoms with Crippen LogP contribution in [0.1, 0.15) is 36.8 Å². The lowest BCUT2D eigenvalue weighted by Crippen LogP contribution is -2.00. The van der Waals surface area contributed by atoms with Crippen molar-refractivity contribution in [2.45, 2.75) is 38.5 Å². The predicted molar refractivity (Wildman–Crippen MR) is 93.8 cm³/mol. The van der Waals surface area contributed by atoms with E-state index < -0.39 is 0 Å². The van der Waals surface area contributed by atoms with Gasteiger partial charge in [-0.05, 0) is 61.1 Å². The quantitative estimate of drug-likeness (QED) is 0.586. The van der Waals surface area contributed by atoms with Gasteiger partial charge >= 0.3 is 0 Å². The molecule has 0 aliphatic heterocycles. The van der Waals surface area contributed by atoms with E-state index in [0.29, 0.717) is 18.6 Å². The molecule has 0 saturated heterocycles. The molecule has 2 aromatic rings. The first kappa shape index (κ1) is 17.1. The molecular formula is C19H20Cl2O. The van der Waals surface area contributed by atoms with Gasteiger partial charge in [0.25, 0.3) is 0 Å². The number of carbonyl (C=O) groups is 1. The molecule has 22 heavy (non-hydrogen) atoms. The van der Waals surface area contributed by atoms with Gasteiger partial charge in [-0.2, -0.15) is 0 Å². The van der Waals surface area contributed by atoms with Crippen LogP contribution in [-0.2, 0) is 17.6 Å². The van der Waals surface area contributed by atoms with Gasteiger partial charge in [-0.25, -0.2) is 0 Å². The highest BCUT2D eigenvalue weighted by Gasteiger charge is 2.03. The number of hydrogen-bond donors (Lipinski definition) is 0. The first-order chi connectivity index (χ1) is 10.6. The topological polar surface area (TPSA) is 17.1 Å². The Morgan fingerprint density at radius 2 is 1.23 bits per heavy atom. The summed E-state index contributed by atoms with van der Waals surface area (Å²) in [6.45, 7) is 0. The Morgan fingerprint density at radius 3 is 1.64 bits per heavy atom. The summed E-state index contributed by atoms with van der Waals surface area (Å²) in [5, 5.41) is 1.51. The fourth-order valence-electron chi connectivity index (χ4n) is 2.49. The van der Waals surface area contributed by atoms with Gasteiger partial charge in [0.2, 0.25) is 0 Å². The molecule has 0 aliphatic rings. The van der Waals surface area contributed by atoms with Gasteiger partial charge < -0.3 is 0 Å². The van der Waals surface area contributed by atoms with Crippen LogP contribution in [0.3, 0.4) is 0 Å². The molecular weight excluding hydrogens is 315 g/mol. The standard InChI is InChI=1S/C19H20Cl2O/c20-17-9-1-5-15(13-17)7-3-11-19(22)12-4-8-16-6-2-10-18(21)14-16/h1-2,5-6,9-10,13-14H,3-4,7-8,11-12H2. The average Bonchev–Trinajstić information content (AvgIpc) is 2.47. The highest BCUT2D eigenvalue weighted by molar-refractivity contribution is 6.30. The molecule has 2 rings (SSSR count). The summed E-state index contributed by atoms with van der Waals surface area (Å²) in [4.78, 5) is 11.9. The Bertz CT molecular complexity index is 569. The Balaban J connectivity index is 1.64. The summed E-state index contributed by atoms with van der Waals surface area (Å²) in [6.07, 6.45) is 4.86. The van der Waals surface area contributed by atoms with Crippen molar-refractivity contribution in [2.24, 2.45) is 0 Å². The second-order valence-electron chi connectivity index (χ2n) is 5.51. The molecule has 0 aliphatic carbocycles. The molecule has 1 nitrogen and oxygen atoms in total. The number of halogens is 2. The van der Waals surface area contributed by atoms with Crippen molar-refractivity contribution in [1.29, 1.82) is 0 Å². The summed E-state index contributed by atoms with van der Waals surface area (Å²) >= 11 is 11.9. The van der Waals surface area contributed by atoms with Gasteiger partial charge in [0.15, 0.2) is 0 Å². The van der Waals surface area contributed by atoms with Crippen LogP contribution in [-0.4, -0.2) is 5.78 Å². The number of hydrogen-bond acceptors (Lipinski definition) is 1. The molecule has 0 radical (unpaired) electrons. The molecule has 0 atom stereocenters. The van der Waals surface area contributed by atoms with Crippen molar-refractivity contribution in [3.63, 3.8) is 0 Å². The van der Waals surface area contributed by atoms with Crippen LogP contribution in [0.15, 0.2) is 48.5 Å². The van der Waals surface area contributed by atoms with E-state index in [-0.39, 0.29) is 0 Å². The Hall–Kier alpha value is -1.31. The van der Waals surface area contributed by atoms with Gasteiger partial charge in [0.05, 0.1) is 0 Å². The summed E-state index contributed by atoms with van der Waals surface area (Å²) in [6, 6.07) is 15.7. The first-order valence-corrected chi connectivity index (χ1v) is 8.39. The summed E-state index contributed by atoms with van der Waals surface area (Å²) < 4.78 is 0. The fourth-order valence-corrected chi connectivity index (χ4v) is 2.92. The van der Waals surface area contributed by atoms with Crippen molar-refractivity contribution < 1.29 is 4.79 Å². The third-order valence-corrected chi connectivity index (χ3v) is 4.09. The molecule has 0 heterocycles. The number of carbonyl (C=O) groups excluding carboxylic acids is 1. The van der Waals surface area contributed by atoms with Crippen LogP contribution in [0.2, 0.25) is 10.0 Å². The molecule has 0 saturated carbocycles. The number of Topliss-reactive ketones (excluding diaryl/α,β-unsaturated/α-hetero) is 1. The third-order valence-electron chi connectivity index (χ3n) is 3.62. The van der Waals surface area contributed by atoms with Gasteiger partial charge in [-0.3, -0.25) is 4.79 Å². The normalized spacial score (nSPS) is 10.6. The fraction of sp³-hybridized carbons (Fsp3) is 0.316. The minimum atomic E-state index is 0.337. The Kier molecular flexibility index (Phi) is 6.95. The van der Waals surface area contributed by atoms with E-state index in [4.69, 9.17) is 23.2 Å². The number of benzene rings is 2. The van der Waals surface area contributed by atoms with Gasteiger partial charge in [0, 0.05) is 22.9 Å². The number of aryl methyl sites for hydroxylation is 2. The van der Waals surface area contributed by atoms with E-state index in [2.05, 4.69) is 12.1 Å². The van der Waals surface area contributed by atoms with E-state index in [1.807, 2.05) is 36.4 Å². The minimum absolute atomic E-state index is 0.337. The second-order valence-corrected chi connectivity index (χ2v) is 6.38. The molecule has 0 spiro atoms. The van der Waals surface area contributed by atoms with Crippen molar-refractivity contribution >= 4 is 29.0 Å². The molecule has 0 N–H and O–H groups in total. The van der Waals surface area contributed by atoms with E-state index in [9.17, 15) is 4.79 Å². The predicted octanol–water partition coefficient (Wildman–Crippen LogP) is 5.91. The van der Waals surface area contributed by atoms with E-state index in [1.54, 1.807) is 0 Å². The summed E-state index contributed by atoms with van der Waals surface area (Å²) in [7, 11) is 0. The van der Waals surface area contributed by atoms with E-state index >= 15 is 0 Å². The molecule has 116 valence electrons. The maximum atomic E-state index is 11.9. The third kappa shape index (κ3) is 6.21. The number of ketones is 1. The van der Waals surface area contributed by atoms with E-state index in [0.717, 1.165) is 35.7 Å². The van der Waals surface area contributed by atoms with Crippen LogP contribution in [0.4, 0.5) is 0 Å². The van der Waals surface area contributed by atoms with Crippen molar-refractivity contribution in [1.82, 2.24) is 0 Å². The molecule has 0 fully saturated rings. The number of rotatable bonds is 8. The monoisotopic (exact) mass is 334 g/mol. The SMILES string of the molecule is O=C(CCCc1cccc(Cl)c1)CCCc1cccc(Cl)c1. The van der Waals surface area contributed by atoms with Crippen LogP contribution in [0.25, 0.3) is 0 Å². The molecule has 2 aromatic carbocycles. The molecule has 3 heteroatoms. The Morgan fingerprint density at radius 1 is 0.773 bits per heavy atom. The first-order valence-electron chi connectivity index (χ1n) is 7.64. The van der Waals surface area contributed by atoms with Crippen LogP contribution >= 0.6 is 23.2 Å². The van der Waals surface area contributed by atoms with Crippen molar-refractivity contribution in [3.8, 4) is 0 Å². The smallest absolute Gasteiger partial charge is 0.132 e. The van der Waals surface area contributed by atoms with Gasteiger partial charge in [-0.15, -0.1) is 0 Å². The zero-order valence-corrected chi connectivity index (χ0v) is 14.0. The lowest BCUT2D eigenvalue weighted by atomic mass is 10.0. The lowest BCUT2D eigenvalue weighted by molar-refractivity contribution is -0.119. The molecule has 0 amide bonds. The van der Waals surface area contributed by atoms with E-state index in [1.165, 1.54) is 11.1 Å². The zero-order valence-electron chi connectivity index (χ0n) is 12.5. The largest absolute Gasteiger partial charge is 0.300 e. The van der Waals surface area contributed by atoms with Gasteiger partial charge in [-0.1, -0.05) is 47.5 Å². The molecule has 0 aromatic heterocycles. The average molecular weight is 335 g/mol. The minimum Gasteiger partial charge on any atom is -0.300 e. The zero-order chi connectivity index (χ0) is 15.8. The second kappa shape index (κ2) is 8.97. The van der Waals surface area contributed by atoms with Crippen LogP contribution in [0, 0.1) is 0 Å². The molecule has 0 unspecified atom stereocenters. The summed E-state index contributed by atoms with van der Waals surface area (Å²) in [5.41, 5.74) is 2.39. The maximum Gasteiger partial charge on any atom is 0.132 e. The highest BCUT2D eigenvalue weighted by Crippen LogP contribution is 2.15. The highest BCUT2D eigenvalue weighted by atomic mass is 35.5. The van der Waals surface area contributed by atoms with Crippen molar-refractivity contribution in [3.05, 3.63) is 69.7 Å². The lowest BCUT2D eigenvalue weighted by Gasteiger charge is -2.04. The summed E-state index contributed by atoms with van der Waals surface area (Å²) in [5.74, 6) is 0.337. The molecule has 0 bridgehead atoms. The van der Waals surface area contributed by atoms with Crippen LogP contribution < -0.4 is 0 Å². The Labute approximate surface area is 142 Å². The van der Waals surface area contributed by atoms with Crippen LogP contribution in [0.5, 0.6) is 0 Å².